The molecule has 0 aliphatic carbocycles. The summed E-state index contributed by atoms with van der Waals surface area (Å²) < 4.78 is 50.1. The molecule has 0 saturated carbocycles. The molecule has 0 spiro atoms. The summed E-state index contributed by atoms with van der Waals surface area (Å²) in [6.45, 7) is 3.69. The number of carbonyl (C=O) groups excluding carboxylic acids is 1. The number of ether oxygens (including phenoxy) is 2. The summed E-state index contributed by atoms with van der Waals surface area (Å²) in [5, 5.41) is 0. The number of benzene rings is 2. The third kappa shape index (κ3) is 2.90. The Labute approximate surface area is 125 Å². The van der Waals surface area contributed by atoms with Crippen molar-refractivity contribution in [3.8, 4) is 11.5 Å². The fraction of sp³-hybridized carbons (Fsp3) is 0.188. The summed E-state index contributed by atoms with van der Waals surface area (Å²) in [7, 11) is 0.972. The maximum absolute atomic E-state index is 14.0. The molecule has 116 valence electrons. The van der Waals surface area contributed by atoms with Crippen LogP contribution in [-0.2, 0) is 0 Å². The zero-order valence-corrected chi connectivity index (χ0v) is 12.2. The van der Waals surface area contributed by atoms with Gasteiger partial charge in [0.05, 0.1) is 7.11 Å². The first-order chi connectivity index (χ1) is 10.3. The van der Waals surface area contributed by atoms with Crippen LogP contribution in [0.15, 0.2) is 24.3 Å². The predicted octanol–water partition coefficient (Wildman–Crippen LogP) is 3.95. The molecule has 0 unspecified atom stereocenters. The lowest BCUT2D eigenvalue weighted by molar-refractivity contribution is 0.0728. The minimum Gasteiger partial charge on any atom is -0.491 e. The topological polar surface area (TPSA) is 35.5 Å². The molecule has 0 radical (unpaired) electrons. The number of rotatable bonds is 3. The van der Waals surface area contributed by atoms with Crippen molar-refractivity contribution in [2.75, 3.05) is 7.11 Å². The molecular formula is C16H13F3O3. The van der Waals surface area contributed by atoms with Crippen LogP contribution in [0, 0.1) is 31.3 Å². The SMILES string of the molecule is COc1c(F)c(F)cc(C(=O)Oc2ccc(C)c(C)c2)c1F. The molecule has 3 nitrogen and oxygen atoms in total. The third-order valence-electron chi connectivity index (χ3n) is 3.23. The number of hydrogen-bond acceptors (Lipinski definition) is 3. The highest BCUT2D eigenvalue weighted by Crippen LogP contribution is 2.28. The van der Waals surface area contributed by atoms with Crippen molar-refractivity contribution < 1.29 is 27.4 Å². The van der Waals surface area contributed by atoms with Crippen molar-refractivity contribution in [2.24, 2.45) is 0 Å². The molecule has 0 N–H and O–H groups in total. The fourth-order valence-electron chi connectivity index (χ4n) is 1.85. The molecule has 22 heavy (non-hydrogen) atoms. The van der Waals surface area contributed by atoms with Gasteiger partial charge in [0, 0.05) is 0 Å². The first-order valence-electron chi connectivity index (χ1n) is 6.36. The Morgan fingerprint density at radius 3 is 2.27 bits per heavy atom. The molecule has 0 amide bonds. The zero-order chi connectivity index (χ0) is 16.4. The second-order valence-corrected chi connectivity index (χ2v) is 4.70. The van der Waals surface area contributed by atoms with Gasteiger partial charge in [-0.3, -0.25) is 0 Å². The lowest BCUT2D eigenvalue weighted by Crippen LogP contribution is -2.13. The smallest absolute Gasteiger partial charge is 0.346 e. The van der Waals surface area contributed by atoms with Crippen LogP contribution in [0.25, 0.3) is 0 Å². The lowest BCUT2D eigenvalue weighted by Gasteiger charge is -2.10. The van der Waals surface area contributed by atoms with E-state index in [-0.39, 0.29) is 5.75 Å². The summed E-state index contributed by atoms with van der Waals surface area (Å²) in [4.78, 5) is 12.0. The van der Waals surface area contributed by atoms with Crippen molar-refractivity contribution in [2.45, 2.75) is 13.8 Å². The summed E-state index contributed by atoms with van der Waals surface area (Å²) in [6.07, 6.45) is 0. The number of halogens is 3. The average molecular weight is 310 g/mol. The van der Waals surface area contributed by atoms with Crippen LogP contribution in [0.1, 0.15) is 21.5 Å². The van der Waals surface area contributed by atoms with Crippen molar-refractivity contribution in [1.29, 1.82) is 0 Å². The van der Waals surface area contributed by atoms with Gasteiger partial charge < -0.3 is 9.47 Å². The van der Waals surface area contributed by atoms with Crippen LogP contribution in [0.4, 0.5) is 13.2 Å². The van der Waals surface area contributed by atoms with Gasteiger partial charge in [-0.25, -0.2) is 13.6 Å². The van der Waals surface area contributed by atoms with E-state index in [1.54, 1.807) is 12.1 Å². The molecule has 0 atom stereocenters. The van der Waals surface area contributed by atoms with E-state index in [2.05, 4.69) is 4.74 Å². The standard InChI is InChI=1S/C16H13F3O3/c1-8-4-5-10(6-9(8)2)22-16(20)11-7-12(17)14(19)15(21-3)13(11)18/h4-7H,1-3H3. The maximum Gasteiger partial charge on any atom is 0.346 e. The van der Waals surface area contributed by atoms with Gasteiger partial charge in [0.15, 0.2) is 17.4 Å². The van der Waals surface area contributed by atoms with Gasteiger partial charge in [-0.15, -0.1) is 0 Å². The Morgan fingerprint density at radius 1 is 1.00 bits per heavy atom. The van der Waals surface area contributed by atoms with E-state index in [4.69, 9.17) is 4.74 Å². The summed E-state index contributed by atoms with van der Waals surface area (Å²) in [6, 6.07) is 5.27. The number of hydrogen-bond donors (Lipinski definition) is 0. The Kier molecular flexibility index (Phi) is 4.40. The van der Waals surface area contributed by atoms with Crippen molar-refractivity contribution in [1.82, 2.24) is 0 Å². The first-order valence-corrected chi connectivity index (χ1v) is 6.36. The van der Waals surface area contributed by atoms with Gasteiger partial charge in [-0.1, -0.05) is 6.07 Å². The van der Waals surface area contributed by atoms with Crippen molar-refractivity contribution in [3.63, 3.8) is 0 Å². The highest BCUT2D eigenvalue weighted by molar-refractivity contribution is 5.92. The van der Waals surface area contributed by atoms with E-state index in [0.717, 1.165) is 18.2 Å². The van der Waals surface area contributed by atoms with Crippen LogP contribution in [0.3, 0.4) is 0 Å². The molecule has 0 heterocycles. The monoisotopic (exact) mass is 310 g/mol. The zero-order valence-electron chi connectivity index (χ0n) is 12.2. The quantitative estimate of drug-likeness (QED) is 0.489. The van der Waals surface area contributed by atoms with Gasteiger partial charge in [0.25, 0.3) is 0 Å². The molecule has 2 aromatic rings. The highest BCUT2D eigenvalue weighted by Gasteiger charge is 2.25. The first kappa shape index (κ1) is 15.9. The molecular weight excluding hydrogens is 297 g/mol. The average Bonchev–Trinajstić information content (AvgIpc) is 2.47. The summed E-state index contributed by atoms with van der Waals surface area (Å²) >= 11 is 0. The Hall–Kier alpha value is -2.50. The summed E-state index contributed by atoms with van der Waals surface area (Å²) in [5.41, 5.74) is 1.11. The number of carbonyl (C=O) groups is 1. The van der Waals surface area contributed by atoms with Crippen molar-refractivity contribution in [3.05, 3.63) is 58.4 Å². The third-order valence-corrected chi connectivity index (χ3v) is 3.23. The number of aryl methyl sites for hydroxylation is 2. The molecule has 0 aliphatic rings. The summed E-state index contributed by atoms with van der Waals surface area (Å²) in [5.74, 6) is -6.13. The molecule has 0 aliphatic heterocycles. The van der Waals surface area contributed by atoms with Crippen LogP contribution in [0.2, 0.25) is 0 Å². The van der Waals surface area contributed by atoms with E-state index in [0.29, 0.717) is 6.07 Å². The second kappa shape index (κ2) is 6.09. The lowest BCUT2D eigenvalue weighted by atomic mass is 10.1. The van der Waals surface area contributed by atoms with Crippen LogP contribution in [-0.4, -0.2) is 13.1 Å². The molecule has 0 fully saturated rings. The highest BCUT2D eigenvalue weighted by atomic mass is 19.2. The Bertz CT molecular complexity index is 742. The maximum atomic E-state index is 14.0. The minimum atomic E-state index is -1.50. The van der Waals surface area contributed by atoms with Crippen LogP contribution < -0.4 is 9.47 Å². The van der Waals surface area contributed by atoms with E-state index < -0.39 is 34.7 Å². The van der Waals surface area contributed by atoms with Crippen LogP contribution in [0.5, 0.6) is 11.5 Å². The van der Waals surface area contributed by atoms with E-state index >= 15 is 0 Å². The molecule has 0 saturated heterocycles. The van der Waals surface area contributed by atoms with Crippen molar-refractivity contribution >= 4 is 5.97 Å². The molecule has 0 aromatic heterocycles. The minimum absolute atomic E-state index is 0.177. The van der Waals surface area contributed by atoms with Gasteiger partial charge in [-0.2, -0.15) is 4.39 Å². The van der Waals surface area contributed by atoms with E-state index in [1.807, 2.05) is 13.8 Å². The Balaban J connectivity index is 2.37. The van der Waals surface area contributed by atoms with Gasteiger partial charge in [0.2, 0.25) is 5.82 Å². The second-order valence-electron chi connectivity index (χ2n) is 4.70. The van der Waals surface area contributed by atoms with E-state index in [9.17, 15) is 18.0 Å². The number of esters is 1. The van der Waals surface area contributed by atoms with Gasteiger partial charge in [-0.05, 0) is 43.2 Å². The van der Waals surface area contributed by atoms with Gasteiger partial charge >= 0.3 is 5.97 Å². The molecule has 6 heteroatoms. The molecule has 2 aromatic carbocycles. The predicted molar refractivity (Wildman–Crippen MR) is 73.7 cm³/mol. The molecule has 0 bridgehead atoms. The largest absolute Gasteiger partial charge is 0.491 e. The fourth-order valence-corrected chi connectivity index (χ4v) is 1.85. The van der Waals surface area contributed by atoms with Gasteiger partial charge in [0.1, 0.15) is 11.3 Å². The van der Waals surface area contributed by atoms with Crippen LogP contribution >= 0.6 is 0 Å². The molecule has 2 rings (SSSR count). The normalized spacial score (nSPS) is 10.5. The number of methoxy groups -OCH3 is 1. The van der Waals surface area contributed by atoms with E-state index in [1.165, 1.54) is 6.07 Å². The Morgan fingerprint density at radius 2 is 1.68 bits per heavy atom.